The minimum Gasteiger partial charge on any atom is -0.409 e. The summed E-state index contributed by atoms with van der Waals surface area (Å²) in [6, 6.07) is 10.5. The fourth-order valence-corrected chi connectivity index (χ4v) is 2.44. The van der Waals surface area contributed by atoms with Gasteiger partial charge in [-0.1, -0.05) is 51.1 Å². The molecule has 2 radical (unpaired) electrons. The van der Waals surface area contributed by atoms with Crippen molar-refractivity contribution in [3.63, 3.8) is 0 Å². The quantitative estimate of drug-likeness (QED) is 0.746. The van der Waals surface area contributed by atoms with Gasteiger partial charge in [-0.15, -0.1) is 0 Å². The summed E-state index contributed by atoms with van der Waals surface area (Å²) < 4.78 is 0. The van der Waals surface area contributed by atoms with Gasteiger partial charge in [-0.05, 0) is 36.7 Å². The summed E-state index contributed by atoms with van der Waals surface area (Å²) in [5, 5.41) is 2.27. The molecule has 19 heavy (non-hydrogen) atoms. The third kappa shape index (κ3) is 5.50. The Balaban J connectivity index is 2.53. The molecule has 0 bridgehead atoms. The minimum absolute atomic E-state index is 0.00998. The van der Waals surface area contributed by atoms with E-state index in [0.717, 1.165) is 25.7 Å². The van der Waals surface area contributed by atoms with Crippen molar-refractivity contribution >= 4 is 13.9 Å². The predicted molar refractivity (Wildman–Crippen MR) is 80.8 cm³/mol. The molecule has 0 aromatic heterocycles. The van der Waals surface area contributed by atoms with E-state index in [1.54, 1.807) is 0 Å². The number of rotatable bonds is 7. The summed E-state index contributed by atoms with van der Waals surface area (Å²) in [6.45, 7) is 6.48. The van der Waals surface area contributed by atoms with Crippen LogP contribution in [-0.4, -0.2) is 13.9 Å². The lowest BCUT2D eigenvalue weighted by atomic mass is 9.77. The Labute approximate surface area is 118 Å². The summed E-state index contributed by atoms with van der Waals surface area (Å²) in [5.74, 6) is -0.0361. The van der Waals surface area contributed by atoms with Gasteiger partial charge >= 0.3 is 0 Å². The molecule has 0 aliphatic rings. The summed E-state index contributed by atoms with van der Waals surface area (Å²) in [4.78, 5) is 11.7. The number of carbonyl (C=O) groups is 1. The Morgan fingerprint density at radius 2 is 1.95 bits per heavy atom. The van der Waals surface area contributed by atoms with Gasteiger partial charge in [0.1, 0.15) is 0 Å². The van der Waals surface area contributed by atoms with Crippen LogP contribution in [0.5, 0.6) is 0 Å². The molecule has 0 heterocycles. The summed E-state index contributed by atoms with van der Waals surface area (Å²) in [7, 11) is 5.23. The van der Waals surface area contributed by atoms with Crippen molar-refractivity contribution in [2.24, 2.45) is 11.3 Å². The van der Waals surface area contributed by atoms with Crippen LogP contribution in [0.4, 0.5) is 0 Å². The molecule has 2 nitrogen and oxygen atoms in total. The van der Waals surface area contributed by atoms with E-state index in [4.69, 9.17) is 7.98 Å². The first-order valence-electron chi connectivity index (χ1n) is 7.03. The molecule has 0 saturated heterocycles. The number of nitrogens with one attached hydrogen (secondary N) is 1. The number of hydrogen-bond acceptors (Lipinski definition) is 1. The smallest absolute Gasteiger partial charge is 0.226 e. The van der Waals surface area contributed by atoms with E-state index in [0.29, 0.717) is 0 Å². The molecule has 1 aromatic carbocycles. The average Bonchev–Trinajstić information content (AvgIpc) is 2.43. The van der Waals surface area contributed by atoms with Gasteiger partial charge in [0.05, 0.1) is 0 Å². The first-order chi connectivity index (χ1) is 8.98. The third-order valence-corrected chi connectivity index (χ3v) is 3.74. The van der Waals surface area contributed by atoms with Gasteiger partial charge in [-0.3, -0.25) is 4.79 Å². The number of benzene rings is 1. The number of amides is 1. The van der Waals surface area contributed by atoms with Crippen LogP contribution in [0.25, 0.3) is 0 Å². The fraction of sp³-hybridized carbons (Fsp3) is 0.562. The Bertz CT molecular complexity index is 389. The van der Waals surface area contributed by atoms with Gasteiger partial charge in [0.2, 0.25) is 13.9 Å². The second-order valence-electron chi connectivity index (χ2n) is 5.97. The molecular formula is C16H24BNO. The molecule has 102 valence electrons. The molecule has 1 atom stereocenters. The monoisotopic (exact) mass is 257 g/mol. The van der Waals surface area contributed by atoms with Gasteiger partial charge in [-0.2, -0.15) is 0 Å². The maximum absolute atomic E-state index is 11.7. The van der Waals surface area contributed by atoms with Crippen molar-refractivity contribution in [2.45, 2.75) is 46.5 Å². The molecule has 0 aliphatic carbocycles. The SMILES string of the molecule is [B]NC(=O)C(CC)CC(C)(C)CCc1ccccc1. The average molecular weight is 257 g/mol. The Morgan fingerprint density at radius 1 is 1.32 bits per heavy atom. The number of hydrogen-bond donors (Lipinski definition) is 1. The van der Waals surface area contributed by atoms with E-state index >= 15 is 0 Å². The van der Waals surface area contributed by atoms with Crippen molar-refractivity contribution in [1.82, 2.24) is 5.23 Å². The maximum atomic E-state index is 11.7. The van der Waals surface area contributed by atoms with Crippen LogP contribution >= 0.6 is 0 Å². The van der Waals surface area contributed by atoms with E-state index in [2.05, 4.69) is 43.3 Å². The van der Waals surface area contributed by atoms with Crippen molar-refractivity contribution < 1.29 is 4.79 Å². The Kier molecular flexibility index (Phi) is 6.13. The Morgan fingerprint density at radius 3 is 2.47 bits per heavy atom. The van der Waals surface area contributed by atoms with Crippen molar-refractivity contribution in [1.29, 1.82) is 0 Å². The molecule has 0 fully saturated rings. The van der Waals surface area contributed by atoms with Gasteiger partial charge < -0.3 is 5.23 Å². The van der Waals surface area contributed by atoms with Gasteiger partial charge in [-0.25, -0.2) is 0 Å². The lowest BCUT2D eigenvalue weighted by Crippen LogP contribution is -2.31. The van der Waals surface area contributed by atoms with E-state index in [9.17, 15) is 4.79 Å². The zero-order valence-corrected chi connectivity index (χ0v) is 12.3. The van der Waals surface area contributed by atoms with Crippen molar-refractivity contribution in [3.8, 4) is 0 Å². The van der Waals surface area contributed by atoms with Gasteiger partial charge in [0.25, 0.3) is 0 Å². The fourth-order valence-electron chi connectivity index (χ4n) is 2.44. The van der Waals surface area contributed by atoms with E-state index in [1.165, 1.54) is 5.56 Å². The minimum atomic E-state index is -0.0460. The largest absolute Gasteiger partial charge is 0.409 e. The van der Waals surface area contributed by atoms with Gasteiger partial charge in [0, 0.05) is 5.92 Å². The molecule has 1 aromatic rings. The van der Waals surface area contributed by atoms with Crippen LogP contribution in [0.1, 0.15) is 45.6 Å². The van der Waals surface area contributed by atoms with Crippen molar-refractivity contribution in [2.75, 3.05) is 0 Å². The van der Waals surface area contributed by atoms with E-state index in [-0.39, 0.29) is 17.2 Å². The Hall–Kier alpha value is -1.25. The molecule has 1 unspecified atom stereocenters. The highest BCUT2D eigenvalue weighted by molar-refractivity contribution is 6.14. The predicted octanol–water partition coefficient (Wildman–Crippen LogP) is 3.26. The standard InChI is InChI=1S/C16H24BNO/c1-4-14(15(19)18-17)12-16(2,3)11-10-13-8-6-5-7-9-13/h5-9,14H,4,10-12H2,1-3H3,(H,18,19). The second kappa shape index (κ2) is 7.37. The molecule has 0 aliphatic heterocycles. The van der Waals surface area contributed by atoms with Crippen molar-refractivity contribution in [3.05, 3.63) is 35.9 Å². The highest BCUT2D eigenvalue weighted by Crippen LogP contribution is 2.32. The first kappa shape index (κ1) is 15.8. The van der Waals surface area contributed by atoms with Crippen LogP contribution in [0, 0.1) is 11.3 Å². The zero-order chi connectivity index (χ0) is 14.3. The molecule has 1 amide bonds. The van der Waals surface area contributed by atoms with Crippen LogP contribution in [0.15, 0.2) is 30.3 Å². The lowest BCUT2D eigenvalue weighted by Gasteiger charge is -2.28. The summed E-state index contributed by atoms with van der Waals surface area (Å²) in [5.41, 5.74) is 1.50. The number of carbonyl (C=O) groups excluding carboxylic acids is 1. The van der Waals surface area contributed by atoms with E-state index < -0.39 is 0 Å². The molecule has 1 N–H and O–H groups in total. The summed E-state index contributed by atoms with van der Waals surface area (Å²) >= 11 is 0. The van der Waals surface area contributed by atoms with Crippen LogP contribution in [-0.2, 0) is 11.2 Å². The normalized spacial score (nSPS) is 13.0. The molecule has 0 saturated carbocycles. The van der Waals surface area contributed by atoms with Crippen LogP contribution < -0.4 is 5.23 Å². The van der Waals surface area contributed by atoms with Gasteiger partial charge in [0.15, 0.2) is 0 Å². The zero-order valence-electron chi connectivity index (χ0n) is 12.3. The molecular weight excluding hydrogens is 233 g/mol. The first-order valence-corrected chi connectivity index (χ1v) is 7.03. The number of aryl methyl sites for hydroxylation is 1. The maximum Gasteiger partial charge on any atom is 0.226 e. The van der Waals surface area contributed by atoms with Crippen LogP contribution in [0.3, 0.4) is 0 Å². The molecule has 0 spiro atoms. The highest BCUT2D eigenvalue weighted by atomic mass is 16.1. The van der Waals surface area contributed by atoms with Crippen LogP contribution in [0.2, 0.25) is 0 Å². The lowest BCUT2D eigenvalue weighted by molar-refractivity contribution is -0.124. The topological polar surface area (TPSA) is 29.1 Å². The summed E-state index contributed by atoms with van der Waals surface area (Å²) in [6.07, 6.45) is 3.83. The molecule has 3 heteroatoms. The second-order valence-corrected chi connectivity index (χ2v) is 5.97. The van der Waals surface area contributed by atoms with E-state index in [1.807, 2.05) is 13.0 Å². The third-order valence-electron chi connectivity index (χ3n) is 3.74. The molecule has 1 rings (SSSR count). The highest BCUT2D eigenvalue weighted by Gasteiger charge is 2.25.